The van der Waals surface area contributed by atoms with E-state index >= 15 is 0 Å². The van der Waals surface area contributed by atoms with Crippen LogP contribution in [0.2, 0.25) is 0 Å². The molecule has 6 rings (SSSR count). The minimum absolute atomic E-state index is 0. The Morgan fingerprint density at radius 1 is 0.551 bits per heavy atom. The van der Waals surface area contributed by atoms with Crippen LogP contribution in [0.5, 0.6) is 0 Å². The van der Waals surface area contributed by atoms with Crippen LogP contribution >= 0.6 is 0 Å². The molecule has 0 radical (unpaired) electrons. The van der Waals surface area contributed by atoms with Gasteiger partial charge in [-0.25, -0.2) is 0 Å². The number of carboxylic acid groups (broad SMARTS) is 4. The van der Waals surface area contributed by atoms with Crippen LogP contribution in [0.25, 0.3) is 0 Å². The number of hydrogen-bond acceptors (Lipinski definition) is 12. The highest BCUT2D eigenvalue weighted by Gasteiger charge is 2.62. The van der Waals surface area contributed by atoms with Crippen molar-refractivity contribution in [1.29, 1.82) is 0 Å². The lowest BCUT2D eigenvalue weighted by Crippen LogP contribution is -2.42. The van der Waals surface area contributed by atoms with Crippen molar-refractivity contribution in [3.63, 3.8) is 0 Å². The molecular formula is C34H42N4O11-4. The highest BCUT2D eigenvalue weighted by molar-refractivity contribution is 6.25. The van der Waals surface area contributed by atoms with E-state index in [0.29, 0.717) is 36.7 Å². The molecule has 0 spiro atoms. The van der Waals surface area contributed by atoms with Gasteiger partial charge in [-0.3, -0.25) is 9.59 Å². The molecular weight excluding hydrogens is 640 g/mol. The maximum Gasteiger partial charge on any atom is 0.233 e. The minimum atomic E-state index is -2.19. The monoisotopic (exact) mass is 682 g/mol. The second-order valence-corrected chi connectivity index (χ2v) is 12.1. The maximum atomic E-state index is 12.8. The summed E-state index contributed by atoms with van der Waals surface area (Å²) in [4.78, 5) is 65.3. The molecule has 268 valence electrons. The van der Waals surface area contributed by atoms with E-state index in [2.05, 4.69) is 24.3 Å². The number of rotatable bonds is 6. The Labute approximate surface area is 283 Å². The Kier molecular flexibility index (Phi) is 14.9. The van der Waals surface area contributed by atoms with E-state index < -0.39 is 23.9 Å². The summed E-state index contributed by atoms with van der Waals surface area (Å²) in [5.74, 6) is -7.47. The number of aliphatic carboxylic acids is 4. The molecule has 2 saturated carbocycles. The highest BCUT2D eigenvalue weighted by atomic mass is 16.4. The molecule has 15 heteroatoms. The zero-order chi connectivity index (χ0) is 35.5. The summed E-state index contributed by atoms with van der Waals surface area (Å²) in [5.41, 5.74) is 13.3. The molecule has 2 aromatic carbocycles. The van der Waals surface area contributed by atoms with Gasteiger partial charge in [-0.2, -0.15) is 0 Å². The summed E-state index contributed by atoms with van der Waals surface area (Å²) in [6, 6.07) is 20.3. The zero-order valence-corrected chi connectivity index (χ0v) is 27.0. The van der Waals surface area contributed by atoms with E-state index in [9.17, 15) is 9.59 Å². The maximum absolute atomic E-state index is 12.8. The van der Waals surface area contributed by atoms with Gasteiger partial charge < -0.3 is 66.3 Å². The van der Waals surface area contributed by atoms with Crippen molar-refractivity contribution in [3.8, 4) is 0 Å². The van der Waals surface area contributed by atoms with E-state index in [4.69, 9.17) is 51.1 Å². The minimum Gasteiger partial charge on any atom is -0.543 e. The van der Waals surface area contributed by atoms with Crippen LogP contribution in [0.4, 0.5) is 0 Å². The summed E-state index contributed by atoms with van der Waals surface area (Å²) in [7, 11) is 0. The number of carbonyl (C=O) groups is 6. The van der Waals surface area contributed by atoms with Crippen LogP contribution in [0.15, 0.2) is 60.7 Å². The summed E-state index contributed by atoms with van der Waals surface area (Å²) >= 11 is 0. The first-order chi connectivity index (χ1) is 22.9. The van der Waals surface area contributed by atoms with Gasteiger partial charge in [0, 0.05) is 26.2 Å². The first-order valence-electron chi connectivity index (χ1n) is 15.8. The first kappa shape index (κ1) is 40.3. The van der Waals surface area contributed by atoms with Gasteiger partial charge in [-0.05, 0) is 74.6 Å². The fourth-order valence-corrected chi connectivity index (χ4v) is 6.58. The number of nitrogens with zero attached hydrogens (tertiary/aromatic N) is 2. The van der Waals surface area contributed by atoms with E-state index in [0.717, 1.165) is 75.8 Å². The lowest BCUT2D eigenvalue weighted by atomic mass is 9.91. The van der Waals surface area contributed by atoms with E-state index in [1.165, 1.54) is 0 Å². The summed E-state index contributed by atoms with van der Waals surface area (Å²) in [6.45, 7) is 4.90. The van der Waals surface area contributed by atoms with Crippen LogP contribution in [-0.4, -0.2) is 90.2 Å². The molecule has 2 aliphatic carbocycles. The SMILES string of the molecule is NCC1CC1(C(=O)N1CCCC1)c1ccccc1.NCC1CC1(C(=O)N1CCCC1)c1ccccc1.O.O=C([O-])C(=O)[O-].O=C([O-])C(=O)[O-]. The van der Waals surface area contributed by atoms with Crippen LogP contribution < -0.4 is 31.9 Å². The smallest absolute Gasteiger partial charge is 0.233 e. The number of carboxylic acids is 4. The molecule has 4 aliphatic rings. The topological polar surface area (TPSA) is 285 Å². The van der Waals surface area contributed by atoms with Crippen LogP contribution in [0, 0.1) is 11.8 Å². The summed E-state index contributed by atoms with van der Waals surface area (Å²) in [5, 5.41) is 35.7. The molecule has 4 fully saturated rings. The quantitative estimate of drug-likeness (QED) is 0.272. The van der Waals surface area contributed by atoms with Gasteiger partial charge in [0.05, 0.1) is 34.7 Å². The Morgan fingerprint density at radius 2 is 0.816 bits per heavy atom. The molecule has 4 unspecified atom stereocenters. The molecule has 4 atom stereocenters. The van der Waals surface area contributed by atoms with Gasteiger partial charge in [-0.1, -0.05) is 60.7 Å². The average molecular weight is 683 g/mol. The van der Waals surface area contributed by atoms with Crippen LogP contribution in [0.1, 0.15) is 49.7 Å². The van der Waals surface area contributed by atoms with E-state index in [1.54, 1.807) is 0 Å². The second kappa shape index (κ2) is 18.1. The number of benzene rings is 2. The average Bonchev–Trinajstić information content (AvgIpc) is 3.81. The molecule has 2 aromatic rings. The Balaban J connectivity index is 0.000000254. The molecule has 0 aromatic heterocycles. The van der Waals surface area contributed by atoms with Crippen molar-refractivity contribution >= 4 is 35.7 Å². The van der Waals surface area contributed by atoms with Gasteiger partial charge in [0.15, 0.2) is 0 Å². The third-order valence-electron chi connectivity index (χ3n) is 9.24. The number of amides is 2. The molecule has 2 amide bonds. The molecule has 2 heterocycles. The first-order valence-corrected chi connectivity index (χ1v) is 15.8. The van der Waals surface area contributed by atoms with E-state index in [-0.39, 0.29) is 16.3 Å². The van der Waals surface area contributed by atoms with Gasteiger partial charge >= 0.3 is 0 Å². The van der Waals surface area contributed by atoms with Crippen LogP contribution in [-0.2, 0) is 39.6 Å². The zero-order valence-electron chi connectivity index (χ0n) is 27.0. The van der Waals surface area contributed by atoms with Crippen molar-refractivity contribution in [2.75, 3.05) is 39.3 Å². The number of carbonyl (C=O) groups excluding carboxylic acids is 6. The van der Waals surface area contributed by atoms with Crippen molar-refractivity contribution < 1.29 is 54.7 Å². The van der Waals surface area contributed by atoms with Crippen molar-refractivity contribution in [3.05, 3.63) is 71.8 Å². The summed E-state index contributed by atoms with van der Waals surface area (Å²) in [6.07, 6.45) is 6.41. The Morgan fingerprint density at radius 3 is 1.02 bits per heavy atom. The Hall–Kier alpha value is -4.86. The second-order valence-electron chi connectivity index (χ2n) is 12.1. The van der Waals surface area contributed by atoms with Crippen molar-refractivity contribution in [2.24, 2.45) is 23.3 Å². The number of likely N-dealkylation sites (tertiary alicyclic amines) is 2. The molecule has 0 bridgehead atoms. The molecule has 49 heavy (non-hydrogen) atoms. The lowest BCUT2D eigenvalue weighted by molar-refractivity contribution is -0.345. The number of nitrogens with two attached hydrogens (primary N) is 2. The van der Waals surface area contributed by atoms with Gasteiger partial charge in [0.1, 0.15) is 0 Å². The molecule has 15 nitrogen and oxygen atoms in total. The highest BCUT2D eigenvalue weighted by Crippen LogP contribution is 2.56. The fraction of sp³-hybridized carbons (Fsp3) is 0.471. The predicted molar refractivity (Wildman–Crippen MR) is 166 cm³/mol. The third-order valence-corrected chi connectivity index (χ3v) is 9.24. The summed E-state index contributed by atoms with van der Waals surface area (Å²) < 4.78 is 0. The molecule has 2 aliphatic heterocycles. The van der Waals surface area contributed by atoms with Crippen molar-refractivity contribution in [2.45, 2.75) is 49.4 Å². The van der Waals surface area contributed by atoms with E-state index in [1.807, 2.05) is 46.2 Å². The molecule has 6 N–H and O–H groups in total. The normalized spacial score (nSPS) is 24.2. The Bertz CT molecular complexity index is 1310. The lowest BCUT2D eigenvalue weighted by Gasteiger charge is -2.24. The van der Waals surface area contributed by atoms with Crippen molar-refractivity contribution in [1.82, 2.24) is 9.80 Å². The van der Waals surface area contributed by atoms with Gasteiger partial charge in [0.2, 0.25) is 11.8 Å². The predicted octanol–water partition coefficient (Wildman–Crippen LogP) is -4.80. The number of hydrogen-bond donors (Lipinski definition) is 2. The van der Waals surface area contributed by atoms with Gasteiger partial charge in [-0.15, -0.1) is 0 Å². The fourth-order valence-electron chi connectivity index (χ4n) is 6.58. The van der Waals surface area contributed by atoms with Crippen LogP contribution in [0.3, 0.4) is 0 Å². The molecule has 2 saturated heterocycles. The standard InChI is InChI=1S/2C15H20N2O.2C2H2O4.H2O/c2*16-11-13-10-15(13,12-6-2-1-3-7-12)14(18)17-8-4-5-9-17;2*3-1(4)2(5)6;/h2*1-3,6-7,13H,4-5,8-11,16H2;2*(H,3,4)(H,5,6);1H2/p-4. The van der Waals surface area contributed by atoms with Gasteiger partial charge in [0.25, 0.3) is 0 Å². The largest absolute Gasteiger partial charge is 0.543 e. The third kappa shape index (κ3) is 9.62.